The van der Waals surface area contributed by atoms with Gasteiger partial charge < -0.3 is 5.32 Å². The number of halogens is 3. The van der Waals surface area contributed by atoms with Gasteiger partial charge in [-0.1, -0.05) is 18.9 Å². The molecule has 8 heteroatoms. The van der Waals surface area contributed by atoms with Gasteiger partial charge in [0.05, 0.1) is 11.6 Å². The fraction of sp³-hybridized carbons (Fsp3) is 0.471. The van der Waals surface area contributed by atoms with Crippen molar-refractivity contribution >= 4 is 5.91 Å². The fourth-order valence-corrected chi connectivity index (χ4v) is 3.27. The Balaban J connectivity index is 1.89. The highest BCUT2D eigenvalue weighted by Crippen LogP contribution is 2.36. The van der Waals surface area contributed by atoms with E-state index in [1.807, 2.05) is 0 Å². The standard InChI is InChI=1S/C17H19F3N4O/c1-11-14(16(25)22-10-12-5-4-8-21-9-12)15(17(18,19)20)23-24(11)13-6-2-3-7-13/h4-5,8-9,13H,2-3,6-7,10H2,1H3,(H,22,25). The Morgan fingerprint density at radius 1 is 1.36 bits per heavy atom. The Bertz CT molecular complexity index is 749. The number of carbonyl (C=O) groups is 1. The van der Waals surface area contributed by atoms with Crippen molar-refractivity contribution in [1.29, 1.82) is 0 Å². The van der Waals surface area contributed by atoms with Crippen molar-refractivity contribution in [3.8, 4) is 0 Å². The molecule has 2 aromatic heterocycles. The number of nitrogens with zero attached hydrogens (tertiary/aromatic N) is 3. The zero-order valence-electron chi connectivity index (χ0n) is 13.8. The average Bonchev–Trinajstić information content (AvgIpc) is 3.20. The molecule has 5 nitrogen and oxygen atoms in total. The third-order valence-corrected chi connectivity index (χ3v) is 4.49. The van der Waals surface area contributed by atoms with E-state index in [9.17, 15) is 18.0 Å². The van der Waals surface area contributed by atoms with Crippen LogP contribution in [0.3, 0.4) is 0 Å². The van der Waals surface area contributed by atoms with Gasteiger partial charge in [-0.05, 0) is 31.4 Å². The maximum absolute atomic E-state index is 13.4. The summed E-state index contributed by atoms with van der Waals surface area (Å²) in [6, 6.07) is 3.37. The molecule has 1 amide bonds. The molecule has 1 fully saturated rings. The number of nitrogens with one attached hydrogen (secondary N) is 1. The summed E-state index contributed by atoms with van der Waals surface area (Å²) < 4.78 is 41.5. The third kappa shape index (κ3) is 3.67. The van der Waals surface area contributed by atoms with E-state index in [1.54, 1.807) is 24.5 Å². The number of amides is 1. The molecule has 0 aromatic carbocycles. The molecule has 0 spiro atoms. The number of alkyl halides is 3. The Hall–Kier alpha value is -2.38. The van der Waals surface area contributed by atoms with Gasteiger partial charge in [-0.25, -0.2) is 0 Å². The number of carbonyl (C=O) groups excluding carboxylic acids is 1. The molecule has 1 saturated carbocycles. The fourth-order valence-electron chi connectivity index (χ4n) is 3.27. The van der Waals surface area contributed by atoms with Gasteiger partial charge in [-0.15, -0.1) is 0 Å². The van der Waals surface area contributed by atoms with Crippen molar-refractivity contribution in [2.45, 2.75) is 51.4 Å². The summed E-state index contributed by atoms with van der Waals surface area (Å²) in [6.07, 6.45) is 1.98. The molecule has 0 saturated heterocycles. The van der Waals surface area contributed by atoms with E-state index in [1.165, 1.54) is 11.6 Å². The van der Waals surface area contributed by atoms with Crippen LogP contribution in [-0.4, -0.2) is 20.7 Å². The minimum atomic E-state index is -4.67. The molecule has 134 valence electrons. The van der Waals surface area contributed by atoms with Crippen molar-refractivity contribution in [3.63, 3.8) is 0 Å². The quantitative estimate of drug-likeness (QED) is 0.914. The van der Waals surface area contributed by atoms with Gasteiger partial charge in [-0.3, -0.25) is 14.5 Å². The molecular weight excluding hydrogens is 333 g/mol. The number of aromatic nitrogens is 3. The van der Waals surface area contributed by atoms with Crippen LogP contribution < -0.4 is 5.32 Å². The second-order valence-electron chi connectivity index (χ2n) is 6.23. The highest BCUT2D eigenvalue weighted by atomic mass is 19.4. The molecule has 1 aliphatic carbocycles. The van der Waals surface area contributed by atoms with Crippen LogP contribution in [0.1, 0.15) is 59.0 Å². The monoisotopic (exact) mass is 352 g/mol. The van der Waals surface area contributed by atoms with Gasteiger partial charge in [0.15, 0.2) is 5.69 Å². The molecule has 25 heavy (non-hydrogen) atoms. The first-order valence-electron chi connectivity index (χ1n) is 8.21. The van der Waals surface area contributed by atoms with Crippen LogP contribution in [0.15, 0.2) is 24.5 Å². The van der Waals surface area contributed by atoms with Crippen LogP contribution in [0.25, 0.3) is 0 Å². The van der Waals surface area contributed by atoms with Crippen LogP contribution in [0.4, 0.5) is 13.2 Å². The zero-order valence-corrected chi connectivity index (χ0v) is 13.8. The third-order valence-electron chi connectivity index (χ3n) is 4.49. The number of hydrogen-bond acceptors (Lipinski definition) is 3. The SMILES string of the molecule is Cc1c(C(=O)NCc2cccnc2)c(C(F)(F)F)nn1C1CCCC1. The highest BCUT2D eigenvalue weighted by molar-refractivity contribution is 5.96. The summed E-state index contributed by atoms with van der Waals surface area (Å²) in [5.41, 5.74) is -0.517. The molecule has 1 N–H and O–H groups in total. The van der Waals surface area contributed by atoms with Crippen molar-refractivity contribution in [2.75, 3.05) is 0 Å². The predicted octanol–water partition coefficient (Wildman–Crippen LogP) is 3.65. The summed E-state index contributed by atoms with van der Waals surface area (Å²) in [5.74, 6) is -0.766. The lowest BCUT2D eigenvalue weighted by molar-refractivity contribution is -0.141. The predicted molar refractivity (Wildman–Crippen MR) is 84.9 cm³/mol. The number of hydrogen-bond donors (Lipinski definition) is 1. The van der Waals surface area contributed by atoms with E-state index in [2.05, 4.69) is 15.4 Å². The normalized spacial score (nSPS) is 15.5. The van der Waals surface area contributed by atoms with E-state index >= 15 is 0 Å². The van der Waals surface area contributed by atoms with Gasteiger partial charge in [0, 0.05) is 24.6 Å². The molecule has 2 heterocycles. The van der Waals surface area contributed by atoms with Crippen LogP contribution in [-0.2, 0) is 12.7 Å². The number of rotatable bonds is 4. The smallest absolute Gasteiger partial charge is 0.348 e. The van der Waals surface area contributed by atoms with Gasteiger partial charge in [0.2, 0.25) is 0 Å². The highest BCUT2D eigenvalue weighted by Gasteiger charge is 2.41. The second-order valence-corrected chi connectivity index (χ2v) is 6.23. The van der Waals surface area contributed by atoms with E-state index in [0.717, 1.165) is 25.7 Å². The zero-order chi connectivity index (χ0) is 18.0. The van der Waals surface area contributed by atoms with Crippen LogP contribution in [0.2, 0.25) is 0 Å². The first-order valence-corrected chi connectivity index (χ1v) is 8.21. The van der Waals surface area contributed by atoms with Gasteiger partial charge in [0.1, 0.15) is 0 Å². The van der Waals surface area contributed by atoms with E-state index in [-0.39, 0.29) is 23.8 Å². The van der Waals surface area contributed by atoms with Crippen LogP contribution >= 0.6 is 0 Å². The van der Waals surface area contributed by atoms with Crippen molar-refractivity contribution in [3.05, 3.63) is 47.0 Å². The summed E-state index contributed by atoms with van der Waals surface area (Å²) in [7, 11) is 0. The topological polar surface area (TPSA) is 59.8 Å². The van der Waals surface area contributed by atoms with Gasteiger partial charge >= 0.3 is 6.18 Å². The average molecular weight is 352 g/mol. The minimum absolute atomic E-state index is 0.0685. The lowest BCUT2D eigenvalue weighted by Gasteiger charge is -2.12. The lowest BCUT2D eigenvalue weighted by Crippen LogP contribution is -2.26. The molecule has 0 atom stereocenters. The molecule has 3 rings (SSSR count). The number of pyridine rings is 1. The first kappa shape index (κ1) is 17.4. The lowest BCUT2D eigenvalue weighted by atomic mass is 10.1. The molecule has 0 bridgehead atoms. The summed E-state index contributed by atoms with van der Waals surface area (Å²) in [5, 5.41) is 6.30. The Morgan fingerprint density at radius 3 is 2.68 bits per heavy atom. The summed E-state index contributed by atoms with van der Waals surface area (Å²) in [6.45, 7) is 1.64. The van der Waals surface area contributed by atoms with Crippen molar-refractivity contribution in [1.82, 2.24) is 20.1 Å². The maximum atomic E-state index is 13.4. The van der Waals surface area contributed by atoms with Gasteiger partial charge in [-0.2, -0.15) is 18.3 Å². The second kappa shape index (κ2) is 6.85. The van der Waals surface area contributed by atoms with E-state index in [4.69, 9.17) is 0 Å². The van der Waals surface area contributed by atoms with Crippen LogP contribution in [0, 0.1) is 6.92 Å². The Kier molecular flexibility index (Phi) is 4.78. The molecule has 0 unspecified atom stereocenters. The summed E-state index contributed by atoms with van der Waals surface area (Å²) in [4.78, 5) is 16.4. The first-order chi connectivity index (χ1) is 11.9. The van der Waals surface area contributed by atoms with Crippen molar-refractivity contribution in [2.24, 2.45) is 0 Å². The van der Waals surface area contributed by atoms with Crippen molar-refractivity contribution < 1.29 is 18.0 Å². The van der Waals surface area contributed by atoms with E-state index < -0.39 is 17.8 Å². The maximum Gasteiger partial charge on any atom is 0.435 e. The molecule has 0 radical (unpaired) electrons. The minimum Gasteiger partial charge on any atom is -0.348 e. The Morgan fingerprint density at radius 2 is 2.08 bits per heavy atom. The summed E-state index contributed by atoms with van der Waals surface area (Å²) >= 11 is 0. The molecule has 0 aliphatic heterocycles. The largest absolute Gasteiger partial charge is 0.435 e. The van der Waals surface area contributed by atoms with Gasteiger partial charge in [0.25, 0.3) is 5.91 Å². The molecule has 1 aliphatic rings. The molecule has 2 aromatic rings. The van der Waals surface area contributed by atoms with Crippen LogP contribution in [0.5, 0.6) is 0 Å². The Labute approximate surface area is 143 Å². The molecular formula is C17H19F3N4O. The van der Waals surface area contributed by atoms with E-state index in [0.29, 0.717) is 5.56 Å².